The third-order valence-electron chi connectivity index (χ3n) is 5.10. The number of aryl methyl sites for hydroxylation is 1. The second-order valence-corrected chi connectivity index (χ2v) is 7.11. The molecular formula is C20H25N5O4. The number of nitrogens with zero attached hydrogens (tertiary/aromatic N) is 5. The predicted octanol–water partition coefficient (Wildman–Crippen LogP) is 1.56. The molecule has 9 nitrogen and oxygen atoms in total. The van der Waals surface area contributed by atoms with Gasteiger partial charge in [0, 0.05) is 38.2 Å². The molecule has 29 heavy (non-hydrogen) atoms. The molecule has 1 aromatic carbocycles. The van der Waals surface area contributed by atoms with Crippen molar-refractivity contribution in [3.63, 3.8) is 0 Å². The van der Waals surface area contributed by atoms with E-state index in [4.69, 9.17) is 13.9 Å². The smallest absolute Gasteiger partial charge is 0.336 e. The Bertz CT molecular complexity index is 1030. The molecule has 1 saturated heterocycles. The Morgan fingerprint density at radius 3 is 3.03 bits per heavy atom. The molecule has 0 bridgehead atoms. The zero-order chi connectivity index (χ0) is 20.2. The molecule has 154 valence electrons. The standard InChI is InChI=1S/C20H25N5O4/c1-3-14-4-5-17-16(10-14)15(11-19(26)29-17)12-24-6-9-28-18(13-24)20-21-23-25(22-20)7-8-27-2/h4-5,10-11,18H,3,6-9,12-13H2,1-2H3. The van der Waals surface area contributed by atoms with Gasteiger partial charge in [-0.1, -0.05) is 13.0 Å². The van der Waals surface area contributed by atoms with Crippen LogP contribution in [-0.4, -0.2) is 58.5 Å². The second-order valence-electron chi connectivity index (χ2n) is 7.11. The van der Waals surface area contributed by atoms with Gasteiger partial charge in [0.05, 0.1) is 19.8 Å². The number of morpholine rings is 1. The molecular weight excluding hydrogens is 374 g/mol. The van der Waals surface area contributed by atoms with Gasteiger partial charge in [0.2, 0.25) is 5.82 Å². The SMILES string of the molecule is CCc1ccc2oc(=O)cc(CN3CCOC(c4nnn(CCOC)n4)C3)c2c1. The Morgan fingerprint density at radius 1 is 1.31 bits per heavy atom. The lowest BCUT2D eigenvalue weighted by molar-refractivity contribution is -0.0373. The minimum absolute atomic E-state index is 0.252. The predicted molar refractivity (Wildman–Crippen MR) is 106 cm³/mol. The minimum Gasteiger partial charge on any atom is -0.423 e. The van der Waals surface area contributed by atoms with Crippen molar-refractivity contribution >= 4 is 11.0 Å². The molecule has 0 spiro atoms. The normalized spacial score (nSPS) is 17.8. The molecule has 1 unspecified atom stereocenters. The number of hydrogen-bond donors (Lipinski definition) is 0. The fourth-order valence-electron chi connectivity index (χ4n) is 3.52. The molecule has 0 aliphatic carbocycles. The molecule has 1 atom stereocenters. The molecule has 0 amide bonds. The van der Waals surface area contributed by atoms with Gasteiger partial charge in [-0.2, -0.15) is 4.80 Å². The molecule has 4 rings (SSSR count). The highest BCUT2D eigenvalue weighted by atomic mass is 16.5. The Labute approximate surface area is 168 Å². The van der Waals surface area contributed by atoms with Gasteiger partial charge in [-0.25, -0.2) is 4.79 Å². The van der Waals surface area contributed by atoms with Crippen LogP contribution in [0, 0.1) is 0 Å². The van der Waals surface area contributed by atoms with Crippen molar-refractivity contribution < 1.29 is 13.9 Å². The summed E-state index contributed by atoms with van der Waals surface area (Å²) < 4.78 is 16.3. The fraction of sp³-hybridized carbons (Fsp3) is 0.500. The Morgan fingerprint density at radius 2 is 2.21 bits per heavy atom. The third-order valence-corrected chi connectivity index (χ3v) is 5.10. The fourth-order valence-corrected chi connectivity index (χ4v) is 3.52. The first-order valence-electron chi connectivity index (χ1n) is 9.82. The van der Waals surface area contributed by atoms with Crippen molar-refractivity contribution in [3.05, 3.63) is 51.6 Å². The molecule has 2 aromatic heterocycles. The van der Waals surface area contributed by atoms with Gasteiger partial charge in [0.25, 0.3) is 0 Å². The highest BCUT2D eigenvalue weighted by Crippen LogP contribution is 2.24. The Balaban J connectivity index is 1.52. The molecule has 3 heterocycles. The van der Waals surface area contributed by atoms with E-state index in [1.807, 2.05) is 12.1 Å². The van der Waals surface area contributed by atoms with Gasteiger partial charge in [-0.3, -0.25) is 4.90 Å². The van der Waals surface area contributed by atoms with E-state index in [2.05, 4.69) is 33.3 Å². The van der Waals surface area contributed by atoms with Crippen LogP contribution in [0.3, 0.4) is 0 Å². The van der Waals surface area contributed by atoms with Crippen LogP contribution in [0.15, 0.2) is 33.5 Å². The first-order chi connectivity index (χ1) is 14.2. The Kier molecular flexibility index (Phi) is 5.98. The van der Waals surface area contributed by atoms with Gasteiger partial charge in [0.15, 0.2) is 0 Å². The highest BCUT2D eigenvalue weighted by molar-refractivity contribution is 5.80. The topological polar surface area (TPSA) is 95.5 Å². The monoisotopic (exact) mass is 399 g/mol. The minimum atomic E-state index is -0.329. The van der Waals surface area contributed by atoms with E-state index in [1.54, 1.807) is 13.2 Å². The number of ether oxygens (including phenoxy) is 2. The summed E-state index contributed by atoms with van der Waals surface area (Å²) >= 11 is 0. The van der Waals surface area contributed by atoms with Gasteiger partial charge in [-0.15, -0.1) is 10.2 Å². The molecule has 0 N–H and O–H groups in total. The lowest BCUT2D eigenvalue weighted by atomic mass is 10.0. The van der Waals surface area contributed by atoms with Crippen molar-refractivity contribution in [2.24, 2.45) is 0 Å². The van der Waals surface area contributed by atoms with Gasteiger partial charge in [0.1, 0.15) is 11.7 Å². The number of benzene rings is 1. The quantitative estimate of drug-likeness (QED) is 0.553. The molecule has 0 radical (unpaired) electrons. The maximum atomic E-state index is 12.0. The zero-order valence-corrected chi connectivity index (χ0v) is 16.7. The summed E-state index contributed by atoms with van der Waals surface area (Å²) in [5.41, 5.74) is 2.47. The van der Waals surface area contributed by atoms with Crippen LogP contribution in [0.2, 0.25) is 0 Å². The third kappa shape index (κ3) is 4.52. The van der Waals surface area contributed by atoms with Crippen LogP contribution >= 0.6 is 0 Å². The number of tetrazole rings is 1. The lowest BCUT2D eigenvalue weighted by Gasteiger charge is -2.31. The van der Waals surface area contributed by atoms with E-state index >= 15 is 0 Å². The van der Waals surface area contributed by atoms with E-state index in [1.165, 1.54) is 10.4 Å². The number of aromatic nitrogens is 4. The van der Waals surface area contributed by atoms with Crippen LogP contribution in [0.4, 0.5) is 0 Å². The van der Waals surface area contributed by atoms with Crippen LogP contribution in [0.1, 0.15) is 30.0 Å². The van der Waals surface area contributed by atoms with Crippen LogP contribution < -0.4 is 5.63 Å². The van der Waals surface area contributed by atoms with Gasteiger partial charge in [-0.05, 0) is 34.9 Å². The van der Waals surface area contributed by atoms with E-state index < -0.39 is 0 Å². The van der Waals surface area contributed by atoms with Crippen molar-refractivity contribution in [1.82, 2.24) is 25.1 Å². The van der Waals surface area contributed by atoms with E-state index in [-0.39, 0.29) is 11.7 Å². The summed E-state index contributed by atoms with van der Waals surface area (Å²) in [7, 11) is 1.64. The Hall–Kier alpha value is -2.62. The number of fused-ring (bicyclic) bond motifs is 1. The molecule has 1 fully saturated rings. The maximum absolute atomic E-state index is 12.0. The first kappa shape index (κ1) is 19.7. The molecule has 0 saturated carbocycles. The summed E-state index contributed by atoms with van der Waals surface area (Å²) in [4.78, 5) is 15.8. The molecule has 1 aliphatic heterocycles. The van der Waals surface area contributed by atoms with Crippen LogP contribution in [0.5, 0.6) is 0 Å². The number of rotatable bonds is 7. The second kappa shape index (κ2) is 8.81. The van der Waals surface area contributed by atoms with Crippen molar-refractivity contribution in [2.75, 3.05) is 33.4 Å². The van der Waals surface area contributed by atoms with E-state index in [9.17, 15) is 4.79 Å². The summed E-state index contributed by atoms with van der Waals surface area (Å²) in [6, 6.07) is 7.57. The molecule has 1 aliphatic rings. The van der Waals surface area contributed by atoms with Crippen molar-refractivity contribution in [1.29, 1.82) is 0 Å². The number of hydrogen-bond acceptors (Lipinski definition) is 8. The molecule has 9 heteroatoms. The maximum Gasteiger partial charge on any atom is 0.336 e. The zero-order valence-electron chi connectivity index (χ0n) is 16.7. The molecule has 3 aromatic rings. The first-order valence-corrected chi connectivity index (χ1v) is 9.82. The van der Waals surface area contributed by atoms with E-state index in [0.29, 0.717) is 44.3 Å². The summed E-state index contributed by atoms with van der Waals surface area (Å²) in [5.74, 6) is 0.566. The summed E-state index contributed by atoms with van der Waals surface area (Å²) in [6.45, 7) is 5.78. The van der Waals surface area contributed by atoms with Crippen molar-refractivity contribution in [2.45, 2.75) is 32.5 Å². The van der Waals surface area contributed by atoms with Crippen LogP contribution in [0.25, 0.3) is 11.0 Å². The average molecular weight is 399 g/mol. The number of methoxy groups -OCH3 is 1. The summed E-state index contributed by atoms with van der Waals surface area (Å²) in [6.07, 6.45) is 0.677. The summed E-state index contributed by atoms with van der Waals surface area (Å²) in [5, 5.41) is 13.6. The van der Waals surface area contributed by atoms with Gasteiger partial charge >= 0.3 is 5.63 Å². The highest BCUT2D eigenvalue weighted by Gasteiger charge is 2.26. The lowest BCUT2D eigenvalue weighted by Crippen LogP contribution is -2.38. The van der Waals surface area contributed by atoms with Crippen molar-refractivity contribution in [3.8, 4) is 0 Å². The average Bonchev–Trinajstić information content (AvgIpc) is 3.21. The van der Waals surface area contributed by atoms with Crippen LogP contribution in [-0.2, 0) is 29.0 Å². The largest absolute Gasteiger partial charge is 0.423 e. The van der Waals surface area contributed by atoms with Gasteiger partial charge < -0.3 is 13.9 Å². The van der Waals surface area contributed by atoms with E-state index in [0.717, 1.165) is 23.9 Å².